The molecule has 4 fully saturated rings. The molecule has 0 aromatic carbocycles. The lowest BCUT2D eigenvalue weighted by molar-refractivity contribution is -0.345. The first kappa shape index (κ1) is 73.1. The van der Waals surface area contributed by atoms with Gasteiger partial charge in [-0.2, -0.15) is 0 Å². The minimum absolute atomic E-state index is 0.433. The van der Waals surface area contributed by atoms with Crippen LogP contribution in [0.25, 0.3) is 0 Å². The molecule has 4 aliphatic heterocycles. The van der Waals surface area contributed by atoms with E-state index in [1.807, 2.05) is 0 Å². The van der Waals surface area contributed by atoms with E-state index in [9.17, 15) is 67.1 Å². The van der Waals surface area contributed by atoms with Crippen LogP contribution in [-0.2, 0) is 162 Å². The lowest BCUT2D eigenvalue weighted by Crippen LogP contribution is -2.68. The maximum absolute atomic E-state index is 13.2. The van der Waals surface area contributed by atoms with Crippen LogP contribution in [0, 0.1) is 0 Å². The highest BCUT2D eigenvalue weighted by molar-refractivity contribution is 7.97. The highest BCUT2D eigenvalue weighted by Crippen LogP contribution is 2.40. The quantitative estimate of drug-likeness (QED) is 0.0615. The van der Waals surface area contributed by atoms with Gasteiger partial charge in [0, 0.05) is 96.9 Å². The molecular formula is C52H71NO34S. The maximum Gasteiger partial charge on any atom is 0.303 e. The summed E-state index contributed by atoms with van der Waals surface area (Å²) in [5, 5.41) is 0. The molecule has 20 atom stereocenters. The Morgan fingerprint density at radius 2 is 0.511 bits per heavy atom. The molecule has 36 heteroatoms. The van der Waals surface area contributed by atoms with Crippen LogP contribution >= 0.6 is 11.9 Å². The Bertz CT molecular complexity index is 2390. The molecule has 494 valence electrons. The summed E-state index contributed by atoms with van der Waals surface area (Å²) in [4.78, 5) is 178. The minimum Gasteiger partial charge on any atom is -0.463 e. The van der Waals surface area contributed by atoms with Crippen LogP contribution in [0.2, 0.25) is 0 Å². The first-order valence-corrected chi connectivity index (χ1v) is 27.6. The molecule has 0 bridgehead atoms. The van der Waals surface area contributed by atoms with Crippen LogP contribution in [0.5, 0.6) is 0 Å². The van der Waals surface area contributed by atoms with Crippen molar-refractivity contribution >= 4 is 95.5 Å². The van der Waals surface area contributed by atoms with Gasteiger partial charge in [0.05, 0.1) is 0 Å². The number of carbonyl (C=O) groups excluding carboxylic acids is 14. The molecule has 4 rings (SSSR count). The number of carbonyl (C=O) groups is 14. The zero-order valence-corrected chi connectivity index (χ0v) is 51.0. The van der Waals surface area contributed by atoms with Crippen LogP contribution in [0.3, 0.4) is 0 Å². The molecule has 0 radical (unpaired) electrons. The predicted molar refractivity (Wildman–Crippen MR) is 277 cm³/mol. The normalized spacial score (nSPS) is 31.7. The van der Waals surface area contributed by atoms with Gasteiger partial charge in [0.15, 0.2) is 85.3 Å². The van der Waals surface area contributed by atoms with Crippen molar-refractivity contribution < 1.29 is 162 Å². The van der Waals surface area contributed by atoms with Crippen molar-refractivity contribution in [3.63, 3.8) is 0 Å². The first-order valence-electron chi connectivity index (χ1n) is 26.8. The number of hydrogen-bond acceptors (Lipinski definition) is 36. The van der Waals surface area contributed by atoms with Crippen LogP contribution in [0.1, 0.15) is 96.9 Å². The number of nitrogens with one attached hydrogen (secondary N) is 1. The highest BCUT2D eigenvalue weighted by Gasteiger charge is 2.60. The number of ether oxygens (including phenoxy) is 20. The van der Waals surface area contributed by atoms with E-state index in [4.69, 9.17) is 94.7 Å². The third-order valence-electron chi connectivity index (χ3n) is 12.1. The molecular weight excluding hydrogens is 1210 g/mol. The Morgan fingerprint density at radius 3 is 0.818 bits per heavy atom. The monoisotopic (exact) mass is 1290 g/mol. The fraction of sp³-hybridized carbons (Fsp3) is 0.731. The summed E-state index contributed by atoms with van der Waals surface area (Å²) in [7, 11) is 0. The Hall–Kier alpha value is -7.35. The minimum atomic E-state index is -2.03. The number of esters is 14. The Labute approximate surface area is 506 Å². The summed E-state index contributed by atoms with van der Waals surface area (Å²) in [6, 6.07) is 0. The van der Waals surface area contributed by atoms with Crippen molar-refractivity contribution in [3.05, 3.63) is 0 Å². The van der Waals surface area contributed by atoms with E-state index in [2.05, 4.69) is 4.72 Å². The molecule has 0 saturated carbocycles. The highest BCUT2D eigenvalue weighted by atomic mass is 32.2. The molecule has 1 N–H and O–H groups in total. The molecule has 4 heterocycles. The molecule has 4 saturated heterocycles. The van der Waals surface area contributed by atoms with Gasteiger partial charge in [-0.05, 0) is 11.9 Å². The second kappa shape index (κ2) is 33.8. The van der Waals surface area contributed by atoms with Gasteiger partial charge in [0.2, 0.25) is 0 Å². The lowest BCUT2D eigenvalue weighted by atomic mass is 9.95. The maximum atomic E-state index is 13.2. The van der Waals surface area contributed by atoms with Gasteiger partial charge in [-0.25, -0.2) is 4.72 Å². The third kappa shape index (κ3) is 22.4. The van der Waals surface area contributed by atoms with E-state index >= 15 is 0 Å². The first-order chi connectivity index (χ1) is 41.1. The SMILES string of the molecule is CC(=O)OC[C@H]1O[C@@H](NS[C@@H]2O[C@H](COC(C)=O)[C@@H](O[C@H]3O[C@H](COC(C)=O)[C@@H](OC(C)=O)[C@H](OC(C)=O)[C@H]3OC(C)=O)[C@H](OC(C)=O)[C@H]2OC(C)=O)[C@H](OC(C)=O)[C@@H](OC(C)=O)[C@@H]1O[C@H]1O[C@H](COC(C)=O)[C@@H](OC(C)=O)[C@H](OC(C)=O)[C@H]1OC(C)=O. The van der Waals surface area contributed by atoms with E-state index in [-0.39, 0.29) is 0 Å². The summed E-state index contributed by atoms with van der Waals surface area (Å²) in [5.41, 5.74) is -1.73. The van der Waals surface area contributed by atoms with Gasteiger partial charge in [-0.1, -0.05) is 0 Å². The van der Waals surface area contributed by atoms with E-state index in [0.717, 1.165) is 96.9 Å². The van der Waals surface area contributed by atoms with Crippen LogP contribution < -0.4 is 4.72 Å². The molecule has 4 aliphatic rings. The molecule has 88 heavy (non-hydrogen) atoms. The third-order valence-corrected chi connectivity index (χ3v) is 13.1. The topological polar surface area (TPSA) is 436 Å². The molecule has 0 aromatic heterocycles. The van der Waals surface area contributed by atoms with Crippen LogP contribution in [0.15, 0.2) is 0 Å². The second-order valence-corrected chi connectivity index (χ2v) is 20.5. The van der Waals surface area contributed by atoms with Gasteiger partial charge in [-0.15, -0.1) is 0 Å². The summed E-state index contributed by atoms with van der Waals surface area (Å²) >= 11 is 0.433. The molecule has 0 aromatic rings. The molecule has 0 aliphatic carbocycles. The van der Waals surface area contributed by atoms with Crippen LogP contribution in [0.4, 0.5) is 0 Å². The molecule has 35 nitrogen and oxygen atoms in total. The van der Waals surface area contributed by atoms with Gasteiger partial charge in [0.25, 0.3) is 0 Å². The van der Waals surface area contributed by atoms with Gasteiger partial charge < -0.3 is 94.7 Å². The molecule has 0 amide bonds. The number of hydrogen-bond donors (Lipinski definition) is 1. The standard InChI is InChI=1S/C52H71NO34S/c1-19(54)68-15-33-39(86-50-46(79-30(12)65)42(75-26(8)61)37(72-23(5)58)34(83-50)16-69-20(2)55)41(74-25(7)60)45(78-29(11)64)49(82-33)53-88-52-48(81-32(14)67)44(77-28(10)63)40(36(85-52)18-71-22(4)57)87-51-47(80-31(13)66)43(76-27(9)62)38(73-24(6)59)35(84-51)17-70-21(3)56/h33-53H,15-18H2,1-14H3/t33-,34-,35-,36-,37-,38-,39-,40-,41+,42+,43+,44+,45-,46-,47-,48-,49-,50-,51-,52+/m1/s1. The summed E-state index contributed by atoms with van der Waals surface area (Å²) < 4.78 is 118. The Morgan fingerprint density at radius 1 is 0.273 bits per heavy atom. The van der Waals surface area contributed by atoms with E-state index < -0.39 is 232 Å². The largest absolute Gasteiger partial charge is 0.463 e. The Kier molecular flexibility index (Phi) is 28.1. The fourth-order valence-corrected chi connectivity index (χ4v) is 10.3. The van der Waals surface area contributed by atoms with Gasteiger partial charge >= 0.3 is 83.6 Å². The Balaban J connectivity index is 1.90. The average molecular weight is 1290 g/mol. The van der Waals surface area contributed by atoms with Crippen molar-refractivity contribution in [3.8, 4) is 0 Å². The van der Waals surface area contributed by atoms with Crippen molar-refractivity contribution in [2.24, 2.45) is 0 Å². The van der Waals surface area contributed by atoms with Crippen LogP contribution in [-0.4, -0.2) is 232 Å². The van der Waals surface area contributed by atoms with E-state index in [1.54, 1.807) is 0 Å². The van der Waals surface area contributed by atoms with Crippen molar-refractivity contribution in [2.75, 3.05) is 26.4 Å². The van der Waals surface area contributed by atoms with Gasteiger partial charge in [-0.3, -0.25) is 67.1 Å². The van der Waals surface area contributed by atoms with E-state index in [0.29, 0.717) is 11.9 Å². The average Bonchev–Trinajstić information content (AvgIpc) is 0.937. The van der Waals surface area contributed by atoms with Crippen molar-refractivity contribution in [1.82, 2.24) is 4.72 Å². The van der Waals surface area contributed by atoms with Gasteiger partial charge in [0.1, 0.15) is 63.1 Å². The summed E-state index contributed by atoms with van der Waals surface area (Å²) in [6.07, 6.45) is -34.6. The zero-order chi connectivity index (χ0) is 66.0. The summed E-state index contributed by atoms with van der Waals surface area (Å²) in [6.45, 7) is 10.5. The zero-order valence-electron chi connectivity index (χ0n) is 50.2. The fourth-order valence-electron chi connectivity index (χ4n) is 9.31. The lowest BCUT2D eigenvalue weighted by Gasteiger charge is -2.49. The summed E-state index contributed by atoms with van der Waals surface area (Å²) in [5.74, 6) is -13.9. The number of rotatable bonds is 25. The van der Waals surface area contributed by atoms with Crippen molar-refractivity contribution in [1.29, 1.82) is 0 Å². The molecule has 0 spiro atoms. The second-order valence-electron chi connectivity index (χ2n) is 19.6. The van der Waals surface area contributed by atoms with E-state index in [1.165, 1.54) is 0 Å². The predicted octanol–water partition coefficient (Wildman–Crippen LogP) is -1.54. The van der Waals surface area contributed by atoms with Crippen molar-refractivity contribution in [2.45, 2.75) is 219 Å². The molecule has 0 unspecified atom stereocenters. The smallest absolute Gasteiger partial charge is 0.303 e.